The van der Waals surface area contributed by atoms with Crippen LogP contribution in [0.15, 0.2) is 48.4 Å². The zero-order valence-corrected chi connectivity index (χ0v) is 49.7. The third kappa shape index (κ3) is 49.5. The summed E-state index contributed by atoms with van der Waals surface area (Å²) in [7, 11) is 0. The first-order valence-corrected chi connectivity index (χ1v) is 24.7. The zero-order chi connectivity index (χ0) is 59.3. The Labute approximate surface area is 447 Å². The molecule has 0 radical (unpaired) electrons. The summed E-state index contributed by atoms with van der Waals surface area (Å²) in [4.78, 5) is 29.2. The van der Waals surface area contributed by atoms with Crippen LogP contribution >= 0.6 is 0 Å². The average Bonchev–Trinajstić information content (AvgIpc) is 3.18. The molecule has 1 heterocycles. The van der Waals surface area contributed by atoms with E-state index in [-0.39, 0.29) is 53.4 Å². The molecule has 0 aliphatic heterocycles. The van der Waals surface area contributed by atoms with Crippen molar-refractivity contribution in [2.45, 2.75) is 269 Å². The third-order valence-corrected chi connectivity index (χ3v) is 8.13. The van der Waals surface area contributed by atoms with Crippen molar-refractivity contribution >= 4 is 34.8 Å². The molecule has 0 aliphatic carbocycles. The van der Waals surface area contributed by atoms with E-state index in [1.165, 1.54) is 20.0 Å². The fourth-order valence-corrected chi connectivity index (χ4v) is 5.81. The Hall–Kier alpha value is -3.34. The highest BCUT2D eigenvalue weighted by molar-refractivity contribution is 5.99. The minimum absolute atomic E-state index is 0. The van der Waals surface area contributed by atoms with E-state index < -0.39 is 73.1 Å². The highest BCUT2D eigenvalue weighted by atomic mass is 19.1. The predicted molar refractivity (Wildman–Crippen MR) is 308 cm³/mol. The lowest BCUT2D eigenvalue weighted by Gasteiger charge is -2.26. The minimum Gasteiger partial charge on any atom is -0.396 e. The van der Waals surface area contributed by atoms with Crippen LogP contribution in [0.5, 0.6) is 0 Å². The largest absolute Gasteiger partial charge is 0.396 e. The van der Waals surface area contributed by atoms with Gasteiger partial charge in [-0.15, -0.1) is 0 Å². The van der Waals surface area contributed by atoms with Crippen LogP contribution in [0.1, 0.15) is 193 Å². The Morgan fingerprint density at radius 2 is 0.865 bits per heavy atom. The van der Waals surface area contributed by atoms with Crippen molar-refractivity contribution < 1.29 is 60.6 Å². The number of aromatic nitrogens is 1. The van der Waals surface area contributed by atoms with Crippen LogP contribution in [0.2, 0.25) is 0 Å². The summed E-state index contributed by atoms with van der Waals surface area (Å²) in [5, 5.41) is 102. The van der Waals surface area contributed by atoms with Gasteiger partial charge in [0.05, 0.1) is 52.6 Å². The van der Waals surface area contributed by atoms with Gasteiger partial charge in [0, 0.05) is 53.3 Å². The minimum atomic E-state index is -1.62. The molecule has 8 atom stereocenters. The first-order valence-electron chi connectivity index (χ1n) is 24.7. The second-order valence-corrected chi connectivity index (χ2v) is 23.7. The lowest BCUT2D eigenvalue weighted by molar-refractivity contribution is -0.101. The van der Waals surface area contributed by atoms with E-state index in [1.807, 2.05) is 124 Å². The van der Waals surface area contributed by atoms with Crippen molar-refractivity contribution in [2.24, 2.45) is 30.0 Å². The molecule has 438 valence electrons. The SMILES string of the molecule is C.CC(=NC(C)(C)C)[C@@H](O)[C@@H](O)[C@H](O)[C@H](O)CO.CC(=NC(C)(C)C)[C@H](O)[C@@H](O)[C@H](O)[C@H](O)CO.CC(=NC(C)(C)C)c1ccncc1F.CC(C)=NC(C)(C)C.CC(CCO)=NC(C)(C)C.CC=NC(C)(C)C. The fraction of sp³-hybridized carbons (Fsp3) is 0.800. The number of aliphatic hydroxyl groups excluding tert-OH is 11. The second-order valence-electron chi connectivity index (χ2n) is 23.7. The molecular formula is C55H110FN7O11. The van der Waals surface area contributed by atoms with E-state index in [0.29, 0.717) is 17.7 Å². The molecular weight excluding hydrogens is 954 g/mol. The number of pyridine rings is 1. The molecule has 19 heteroatoms. The summed E-state index contributed by atoms with van der Waals surface area (Å²) in [5.74, 6) is -0.321. The Morgan fingerprint density at radius 3 is 1.08 bits per heavy atom. The Balaban J connectivity index is -0.000000192. The molecule has 1 rings (SSSR count). The summed E-state index contributed by atoms with van der Waals surface area (Å²) in [6, 6.07) is 1.64. The molecule has 0 spiro atoms. The van der Waals surface area contributed by atoms with Gasteiger partial charge in [0.15, 0.2) is 0 Å². The number of halogens is 1. The first kappa shape index (κ1) is 82.0. The normalized spacial score (nSPS) is 16.4. The number of nitrogens with zero attached hydrogens (tertiary/aromatic N) is 7. The van der Waals surface area contributed by atoms with E-state index in [2.05, 4.69) is 76.5 Å². The molecule has 0 saturated heterocycles. The molecule has 0 bridgehead atoms. The summed E-state index contributed by atoms with van der Waals surface area (Å²) >= 11 is 0. The van der Waals surface area contributed by atoms with Crippen molar-refractivity contribution in [3.8, 4) is 0 Å². The maximum atomic E-state index is 13.3. The molecule has 0 fully saturated rings. The van der Waals surface area contributed by atoms with Gasteiger partial charge in [-0.3, -0.25) is 34.9 Å². The fourth-order valence-electron chi connectivity index (χ4n) is 5.81. The number of aliphatic imine (C=N–C) groups is 6. The topological polar surface area (TPSA) is 310 Å². The van der Waals surface area contributed by atoms with Gasteiger partial charge >= 0.3 is 0 Å². The molecule has 0 unspecified atom stereocenters. The average molecular weight is 1060 g/mol. The van der Waals surface area contributed by atoms with Crippen LogP contribution < -0.4 is 0 Å². The molecule has 1 aromatic heterocycles. The summed E-state index contributed by atoms with van der Waals surface area (Å²) in [6.07, 6.45) is -6.90. The molecule has 0 aliphatic rings. The lowest BCUT2D eigenvalue weighted by Crippen LogP contribution is -2.48. The Morgan fingerprint density at radius 1 is 0.527 bits per heavy atom. The van der Waals surface area contributed by atoms with E-state index in [4.69, 9.17) is 25.5 Å². The maximum absolute atomic E-state index is 13.3. The predicted octanol–water partition coefficient (Wildman–Crippen LogP) is 6.60. The zero-order valence-electron chi connectivity index (χ0n) is 49.7. The van der Waals surface area contributed by atoms with E-state index in [0.717, 1.165) is 11.4 Å². The molecule has 0 amide bonds. The third-order valence-electron chi connectivity index (χ3n) is 8.13. The number of aliphatic hydroxyl groups is 11. The number of hydrogen-bond donors (Lipinski definition) is 11. The van der Waals surface area contributed by atoms with Crippen LogP contribution in [0.25, 0.3) is 0 Å². The molecule has 11 N–H and O–H groups in total. The van der Waals surface area contributed by atoms with Gasteiger partial charge in [-0.1, -0.05) is 7.43 Å². The Kier molecular flexibility index (Phi) is 42.4. The first-order chi connectivity index (χ1) is 32.5. The van der Waals surface area contributed by atoms with Gasteiger partial charge in [0.25, 0.3) is 0 Å². The molecule has 0 aromatic carbocycles. The molecule has 18 nitrogen and oxygen atoms in total. The van der Waals surface area contributed by atoms with E-state index >= 15 is 0 Å². The van der Waals surface area contributed by atoms with Crippen molar-refractivity contribution in [3.05, 3.63) is 29.8 Å². The monoisotopic (exact) mass is 1060 g/mol. The van der Waals surface area contributed by atoms with E-state index in [9.17, 15) is 35.0 Å². The van der Waals surface area contributed by atoms with Crippen LogP contribution in [0.3, 0.4) is 0 Å². The Bertz CT molecular complexity index is 1760. The van der Waals surface area contributed by atoms with Gasteiger partial charge in [-0.25, -0.2) is 4.39 Å². The highest BCUT2D eigenvalue weighted by Crippen LogP contribution is 2.15. The van der Waals surface area contributed by atoms with Gasteiger partial charge in [-0.2, -0.15) is 0 Å². The summed E-state index contributed by atoms with van der Waals surface area (Å²) < 4.78 is 13.3. The summed E-state index contributed by atoms with van der Waals surface area (Å²) in [6.45, 7) is 47.2. The number of hydrogen-bond acceptors (Lipinski definition) is 18. The molecule has 0 saturated carbocycles. The van der Waals surface area contributed by atoms with Gasteiger partial charge in [0.2, 0.25) is 0 Å². The van der Waals surface area contributed by atoms with Crippen LogP contribution in [0.4, 0.5) is 4.39 Å². The van der Waals surface area contributed by atoms with E-state index in [1.54, 1.807) is 12.3 Å². The van der Waals surface area contributed by atoms with Crippen LogP contribution in [-0.2, 0) is 0 Å². The van der Waals surface area contributed by atoms with Gasteiger partial charge < -0.3 is 56.2 Å². The standard InChI is InChI=1S/C11H15FN2.2C11H23NO5.C8H17NO.C7H15N.C6H13N.CH4/c1-8(14-11(2,3)4)9-5-6-13-7-10(9)12;2*1-6(12-11(2,3)4)8(15)10(17)9(16)7(14)5-13;1-7(5-6-10)9-8(2,3)4;1-6(2)8-7(3,4)5;1-5-7-6(2,3)4;/h5-7H,1-4H3;2*7-10,13-17H,5H2,1-4H3;10H,5-6H2,1-4H3;1-5H3;5H,1-4H3;1H4/t;7-,8+,9-,10-;7-,8-,9-,10-;;;;/m.11..../s1. The van der Waals surface area contributed by atoms with Crippen LogP contribution in [-0.4, -0.2) is 198 Å². The number of rotatable bonds is 13. The molecule has 1 aromatic rings. The second kappa shape index (κ2) is 38.2. The smallest absolute Gasteiger partial charge is 0.150 e. The van der Waals surface area contributed by atoms with Crippen molar-refractivity contribution in [2.75, 3.05) is 19.8 Å². The van der Waals surface area contributed by atoms with Crippen molar-refractivity contribution in [1.29, 1.82) is 0 Å². The van der Waals surface area contributed by atoms with Gasteiger partial charge in [0.1, 0.15) is 54.6 Å². The highest BCUT2D eigenvalue weighted by Gasteiger charge is 2.33. The lowest BCUT2D eigenvalue weighted by atomic mass is 9.99. The summed E-state index contributed by atoms with van der Waals surface area (Å²) in [5.41, 5.74) is 3.15. The van der Waals surface area contributed by atoms with Crippen LogP contribution in [0, 0.1) is 5.82 Å². The van der Waals surface area contributed by atoms with Crippen molar-refractivity contribution in [1.82, 2.24) is 4.98 Å². The van der Waals surface area contributed by atoms with Gasteiger partial charge in [-0.05, 0) is 185 Å². The maximum Gasteiger partial charge on any atom is 0.150 e. The molecule has 74 heavy (non-hydrogen) atoms. The van der Waals surface area contributed by atoms with Crippen molar-refractivity contribution in [3.63, 3.8) is 0 Å². The quantitative estimate of drug-likeness (QED) is 0.0932.